The van der Waals surface area contributed by atoms with E-state index in [1.165, 1.54) is 41.4 Å². The molecule has 1 saturated carbocycles. The van der Waals surface area contributed by atoms with Crippen LogP contribution in [0.25, 0.3) is 11.0 Å². The highest BCUT2D eigenvalue weighted by Gasteiger charge is 2.20. The van der Waals surface area contributed by atoms with E-state index in [-0.39, 0.29) is 24.0 Å². The lowest BCUT2D eigenvalue weighted by Gasteiger charge is -2.23. The van der Waals surface area contributed by atoms with Gasteiger partial charge in [0.25, 0.3) is 0 Å². The van der Waals surface area contributed by atoms with Crippen LogP contribution in [-0.2, 0) is 18.3 Å². The minimum absolute atomic E-state index is 0. The van der Waals surface area contributed by atoms with Crippen molar-refractivity contribution in [1.29, 1.82) is 0 Å². The summed E-state index contributed by atoms with van der Waals surface area (Å²) in [6.07, 6.45) is 8.09. The highest BCUT2D eigenvalue weighted by molar-refractivity contribution is 5.74. The summed E-state index contributed by atoms with van der Waals surface area (Å²) in [4.78, 5) is 0. The van der Waals surface area contributed by atoms with Crippen molar-refractivity contribution in [3.63, 3.8) is 0 Å². The van der Waals surface area contributed by atoms with Crippen LogP contribution in [0.5, 0.6) is 0 Å². The maximum absolute atomic E-state index is 10.4. The van der Waals surface area contributed by atoms with Gasteiger partial charge in [0, 0.05) is 0 Å². The number of ether oxygens (including phenoxy) is 1. The summed E-state index contributed by atoms with van der Waals surface area (Å²) in [6.45, 7) is 5.28. The van der Waals surface area contributed by atoms with E-state index in [2.05, 4.69) is 48.5 Å². The first-order chi connectivity index (χ1) is 11.0. The van der Waals surface area contributed by atoms with Crippen LogP contribution in [0.1, 0.15) is 43.2 Å². The van der Waals surface area contributed by atoms with Gasteiger partial charge in [-0.3, -0.25) is 0 Å². The van der Waals surface area contributed by atoms with Crippen molar-refractivity contribution in [3.8, 4) is 0 Å². The fourth-order valence-corrected chi connectivity index (χ4v) is 3.54. The second-order valence-electron chi connectivity index (χ2n) is 7.05. The second-order valence-corrected chi connectivity index (χ2v) is 7.05. The van der Waals surface area contributed by atoms with Crippen LogP contribution in [0.3, 0.4) is 0 Å². The van der Waals surface area contributed by atoms with Gasteiger partial charge in [0.2, 0.25) is 6.33 Å². The van der Waals surface area contributed by atoms with Crippen LogP contribution < -0.4 is 28.5 Å². The Morgan fingerprint density at radius 1 is 1.21 bits per heavy atom. The highest BCUT2D eigenvalue weighted by atomic mass is 127. The van der Waals surface area contributed by atoms with Crippen molar-refractivity contribution < 1.29 is 38.4 Å². The van der Waals surface area contributed by atoms with Gasteiger partial charge in [-0.15, -0.1) is 0 Å². The molecule has 1 aromatic carbocycles. The zero-order valence-electron chi connectivity index (χ0n) is 15.0. The van der Waals surface area contributed by atoms with Crippen molar-refractivity contribution in [3.05, 3.63) is 29.6 Å². The molecular weight excluding hydrogens is 415 g/mol. The number of imidazole rings is 1. The van der Waals surface area contributed by atoms with E-state index in [4.69, 9.17) is 4.74 Å². The van der Waals surface area contributed by atoms with E-state index < -0.39 is 6.10 Å². The molecule has 24 heavy (non-hydrogen) atoms. The molecule has 0 spiro atoms. The van der Waals surface area contributed by atoms with E-state index in [1.807, 2.05) is 0 Å². The summed E-state index contributed by atoms with van der Waals surface area (Å²) >= 11 is 0. The molecule has 0 bridgehead atoms. The number of hydrogen-bond acceptors (Lipinski definition) is 2. The monoisotopic (exact) mass is 444 g/mol. The van der Waals surface area contributed by atoms with Crippen molar-refractivity contribution >= 4 is 11.0 Å². The number of aliphatic hydroxyl groups excluding tert-OH is 1. The average Bonchev–Trinajstić information content (AvgIpc) is 2.82. The van der Waals surface area contributed by atoms with Gasteiger partial charge in [-0.1, -0.05) is 19.3 Å². The maximum atomic E-state index is 10.4. The highest BCUT2D eigenvalue weighted by Crippen LogP contribution is 2.21. The Kier molecular flexibility index (Phi) is 7.07. The zero-order chi connectivity index (χ0) is 16.4. The smallest absolute Gasteiger partial charge is 0.244 e. The predicted molar refractivity (Wildman–Crippen MR) is 91.4 cm³/mol. The number of nitrogens with zero attached hydrogens (tertiary/aromatic N) is 2. The van der Waals surface area contributed by atoms with Crippen LogP contribution in [0.2, 0.25) is 0 Å². The Bertz CT molecular complexity index is 678. The SMILES string of the molecule is Cc1cc2c(cc1C)[n+](C)cn2CC(O)COC1CCCCC1.[I-]. The number of aliphatic hydroxyl groups is 1. The van der Waals surface area contributed by atoms with Gasteiger partial charge < -0.3 is 33.8 Å². The van der Waals surface area contributed by atoms with Crippen molar-refractivity contribution in [2.75, 3.05) is 6.61 Å². The van der Waals surface area contributed by atoms with Crippen LogP contribution in [0.4, 0.5) is 0 Å². The van der Waals surface area contributed by atoms with E-state index in [0.717, 1.165) is 12.8 Å². The third-order valence-electron chi connectivity index (χ3n) is 5.08. The normalized spacial score (nSPS) is 17.0. The van der Waals surface area contributed by atoms with Gasteiger partial charge in [0.1, 0.15) is 12.6 Å². The van der Waals surface area contributed by atoms with Gasteiger partial charge in [0.05, 0.1) is 19.8 Å². The largest absolute Gasteiger partial charge is 1.00 e. The van der Waals surface area contributed by atoms with Gasteiger partial charge >= 0.3 is 0 Å². The fraction of sp³-hybridized carbons (Fsp3) is 0.632. The molecule has 1 aliphatic carbocycles. The number of halogens is 1. The Labute approximate surface area is 161 Å². The lowest BCUT2D eigenvalue weighted by Crippen LogP contribution is -3.00. The standard InChI is InChI=1S/C19H29N2O2.HI/c1-14-9-18-19(10-15(14)2)21(13-20(18)3)11-16(22)12-23-17-7-5-4-6-8-17;/h9-10,13,16-17,22H,4-8,11-12H2,1-3H3;1H/q+1;/p-1. The zero-order valence-corrected chi connectivity index (χ0v) is 17.1. The molecule has 1 atom stereocenters. The number of aryl methyl sites for hydroxylation is 3. The molecule has 2 aromatic rings. The Morgan fingerprint density at radius 2 is 1.88 bits per heavy atom. The number of benzene rings is 1. The predicted octanol–water partition coefficient (Wildman–Crippen LogP) is -0.203. The van der Waals surface area contributed by atoms with E-state index in [9.17, 15) is 5.11 Å². The molecule has 5 heteroatoms. The average molecular weight is 444 g/mol. The van der Waals surface area contributed by atoms with Gasteiger partial charge in [-0.25, -0.2) is 9.13 Å². The van der Waals surface area contributed by atoms with Crippen LogP contribution in [0.15, 0.2) is 18.5 Å². The molecular formula is C19H29IN2O2. The first-order valence-electron chi connectivity index (χ1n) is 8.80. The Balaban J connectivity index is 0.00000208. The minimum Gasteiger partial charge on any atom is -1.00 e. The molecule has 0 amide bonds. The molecule has 1 N–H and O–H groups in total. The summed E-state index contributed by atoms with van der Waals surface area (Å²) in [6, 6.07) is 4.42. The molecule has 134 valence electrons. The molecule has 1 aromatic heterocycles. The molecule has 1 fully saturated rings. The van der Waals surface area contributed by atoms with E-state index >= 15 is 0 Å². The Hall–Kier alpha value is -0.660. The van der Waals surface area contributed by atoms with Gasteiger partial charge in [-0.2, -0.15) is 0 Å². The molecule has 4 nitrogen and oxygen atoms in total. The molecule has 0 saturated heterocycles. The summed E-state index contributed by atoms with van der Waals surface area (Å²) < 4.78 is 10.2. The molecule has 3 rings (SSSR count). The van der Waals surface area contributed by atoms with E-state index in [1.54, 1.807) is 0 Å². The lowest BCUT2D eigenvalue weighted by atomic mass is 9.98. The fourth-order valence-electron chi connectivity index (χ4n) is 3.54. The molecule has 0 aliphatic heterocycles. The first kappa shape index (κ1) is 19.7. The summed E-state index contributed by atoms with van der Waals surface area (Å²) in [5, 5.41) is 10.4. The molecule has 1 aliphatic rings. The van der Waals surface area contributed by atoms with Crippen molar-refractivity contribution in [1.82, 2.24) is 4.57 Å². The van der Waals surface area contributed by atoms with Crippen LogP contribution in [-0.4, -0.2) is 28.5 Å². The molecule has 1 heterocycles. The quantitative estimate of drug-likeness (QED) is 0.513. The first-order valence-corrected chi connectivity index (χ1v) is 8.80. The number of hydrogen-bond donors (Lipinski definition) is 1. The summed E-state index contributed by atoms with van der Waals surface area (Å²) in [5.41, 5.74) is 4.96. The third kappa shape index (κ3) is 4.49. The second kappa shape index (κ2) is 8.63. The Morgan fingerprint density at radius 3 is 2.58 bits per heavy atom. The number of aromatic nitrogens is 2. The summed E-state index contributed by atoms with van der Waals surface area (Å²) in [7, 11) is 2.05. The maximum Gasteiger partial charge on any atom is 0.244 e. The van der Waals surface area contributed by atoms with Gasteiger partial charge in [-0.05, 0) is 49.9 Å². The van der Waals surface area contributed by atoms with Crippen LogP contribution in [0, 0.1) is 13.8 Å². The third-order valence-corrected chi connectivity index (χ3v) is 5.08. The number of rotatable bonds is 5. The van der Waals surface area contributed by atoms with Crippen molar-refractivity contribution in [2.24, 2.45) is 7.05 Å². The van der Waals surface area contributed by atoms with E-state index in [0.29, 0.717) is 19.3 Å². The number of fused-ring (bicyclic) bond motifs is 1. The van der Waals surface area contributed by atoms with Crippen molar-refractivity contribution in [2.45, 2.75) is 64.7 Å². The van der Waals surface area contributed by atoms with Crippen LogP contribution >= 0.6 is 0 Å². The lowest BCUT2D eigenvalue weighted by molar-refractivity contribution is -0.645. The molecule has 1 unspecified atom stereocenters. The molecule has 0 radical (unpaired) electrons. The summed E-state index contributed by atoms with van der Waals surface area (Å²) in [5.74, 6) is 0. The minimum atomic E-state index is -0.464. The topological polar surface area (TPSA) is 38.3 Å². The van der Waals surface area contributed by atoms with Gasteiger partial charge in [0.15, 0.2) is 11.0 Å².